The van der Waals surface area contributed by atoms with Crippen LogP contribution >= 0.6 is 0 Å². The molecular formula is C17H23NO5. The van der Waals surface area contributed by atoms with Gasteiger partial charge in [-0.25, -0.2) is 0 Å². The molecule has 6 nitrogen and oxygen atoms in total. The Morgan fingerprint density at radius 3 is 2.78 bits per heavy atom. The molecule has 0 aromatic heterocycles. The van der Waals surface area contributed by atoms with Crippen molar-refractivity contribution in [3.8, 4) is 0 Å². The third kappa shape index (κ3) is 3.72. The van der Waals surface area contributed by atoms with E-state index in [4.69, 9.17) is 14.2 Å². The summed E-state index contributed by atoms with van der Waals surface area (Å²) in [6.45, 7) is 2.56. The van der Waals surface area contributed by atoms with Gasteiger partial charge in [-0.05, 0) is 6.42 Å². The molecule has 0 saturated carbocycles. The molecule has 0 aliphatic carbocycles. The van der Waals surface area contributed by atoms with Crippen LogP contribution in [0.1, 0.15) is 31.6 Å². The highest BCUT2D eigenvalue weighted by molar-refractivity contribution is 5.76. The third-order valence-electron chi connectivity index (χ3n) is 4.19. The summed E-state index contributed by atoms with van der Waals surface area (Å²) in [7, 11) is 0. The third-order valence-corrected chi connectivity index (χ3v) is 4.19. The zero-order chi connectivity index (χ0) is 16.2. The highest BCUT2D eigenvalue weighted by atomic mass is 16.7. The topological polar surface area (TPSA) is 77.0 Å². The molecule has 2 aliphatic heterocycles. The molecule has 3 rings (SSSR count). The van der Waals surface area contributed by atoms with Gasteiger partial charge in [0.05, 0.1) is 19.3 Å². The van der Waals surface area contributed by atoms with Crippen molar-refractivity contribution in [3.05, 3.63) is 35.9 Å². The van der Waals surface area contributed by atoms with E-state index in [1.54, 1.807) is 0 Å². The smallest absolute Gasteiger partial charge is 0.220 e. The van der Waals surface area contributed by atoms with E-state index in [1.807, 2.05) is 37.3 Å². The largest absolute Gasteiger partial charge is 0.388 e. The summed E-state index contributed by atoms with van der Waals surface area (Å²) in [6.07, 6.45) is -0.972. The van der Waals surface area contributed by atoms with Gasteiger partial charge in [-0.3, -0.25) is 4.79 Å². The van der Waals surface area contributed by atoms with Gasteiger partial charge in [0.1, 0.15) is 18.3 Å². The minimum absolute atomic E-state index is 0.0785. The lowest BCUT2D eigenvalue weighted by Gasteiger charge is -2.44. The number of carbonyl (C=O) groups is 1. The number of aliphatic hydroxyl groups is 1. The molecule has 2 N–H and O–H groups in total. The molecule has 1 aromatic rings. The average molecular weight is 321 g/mol. The van der Waals surface area contributed by atoms with Crippen LogP contribution in [0.3, 0.4) is 0 Å². The summed E-state index contributed by atoms with van der Waals surface area (Å²) in [4.78, 5) is 11.8. The Hall–Kier alpha value is -1.47. The van der Waals surface area contributed by atoms with Gasteiger partial charge in [0, 0.05) is 12.0 Å². The van der Waals surface area contributed by atoms with Crippen LogP contribution in [-0.4, -0.2) is 48.6 Å². The molecular weight excluding hydrogens is 298 g/mol. The van der Waals surface area contributed by atoms with Gasteiger partial charge >= 0.3 is 0 Å². The quantitative estimate of drug-likeness (QED) is 0.870. The number of fused-ring (bicyclic) bond motifs is 1. The molecule has 0 unspecified atom stereocenters. The molecule has 23 heavy (non-hydrogen) atoms. The molecule has 2 heterocycles. The minimum atomic E-state index is -0.815. The molecule has 6 heteroatoms. The average Bonchev–Trinajstić information content (AvgIpc) is 2.58. The van der Waals surface area contributed by atoms with Crippen LogP contribution < -0.4 is 5.32 Å². The predicted molar refractivity (Wildman–Crippen MR) is 82.6 cm³/mol. The predicted octanol–water partition coefficient (Wildman–Crippen LogP) is 1.15. The van der Waals surface area contributed by atoms with Gasteiger partial charge in [0.25, 0.3) is 0 Å². The first-order chi connectivity index (χ1) is 11.2. The minimum Gasteiger partial charge on any atom is -0.388 e. The molecule has 0 bridgehead atoms. The number of hydrogen-bond acceptors (Lipinski definition) is 5. The zero-order valence-electron chi connectivity index (χ0n) is 13.2. The number of rotatable bonds is 4. The summed E-state index contributed by atoms with van der Waals surface area (Å²) in [5.74, 6) is -0.0785. The fourth-order valence-electron chi connectivity index (χ4n) is 2.96. The second-order valence-corrected chi connectivity index (χ2v) is 5.96. The van der Waals surface area contributed by atoms with Crippen molar-refractivity contribution < 1.29 is 24.1 Å². The Labute approximate surface area is 135 Å². The number of benzene rings is 1. The molecule has 1 amide bonds. The molecule has 1 aromatic carbocycles. The van der Waals surface area contributed by atoms with E-state index in [0.29, 0.717) is 13.0 Å². The first-order valence-electron chi connectivity index (χ1n) is 8.10. The molecule has 5 atom stereocenters. The Bertz CT molecular complexity index is 523. The Morgan fingerprint density at radius 2 is 2.04 bits per heavy atom. The van der Waals surface area contributed by atoms with Crippen LogP contribution in [0.4, 0.5) is 0 Å². The lowest BCUT2D eigenvalue weighted by atomic mass is 9.97. The van der Waals surface area contributed by atoms with Gasteiger partial charge in [-0.15, -0.1) is 0 Å². The highest BCUT2D eigenvalue weighted by Gasteiger charge is 2.45. The molecule has 126 valence electrons. The van der Waals surface area contributed by atoms with E-state index in [0.717, 1.165) is 12.0 Å². The van der Waals surface area contributed by atoms with Gasteiger partial charge in [0.15, 0.2) is 6.29 Å². The number of hydrogen-bond donors (Lipinski definition) is 2. The van der Waals surface area contributed by atoms with Crippen LogP contribution in [0, 0.1) is 0 Å². The van der Waals surface area contributed by atoms with Gasteiger partial charge in [-0.1, -0.05) is 37.3 Å². The Kier molecular flexibility index (Phi) is 5.27. The summed E-state index contributed by atoms with van der Waals surface area (Å²) >= 11 is 0. The number of carbonyl (C=O) groups excluding carboxylic acids is 1. The lowest BCUT2D eigenvalue weighted by Crippen LogP contribution is -2.62. The van der Waals surface area contributed by atoms with Crippen LogP contribution in [0.25, 0.3) is 0 Å². The fourth-order valence-corrected chi connectivity index (χ4v) is 2.96. The summed E-state index contributed by atoms with van der Waals surface area (Å²) in [6, 6.07) is 9.13. The van der Waals surface area contributed by atoms with Crippen molar-refractivity contribution in [3.63, 3.8) is 0 Å². The first-order valence-corrected chi connectivity index (χ1v) is 8.10. The van der Waals surface area contributed by atoms with Crippen LogP contribution in [0.2, 0.25) is 0 Å². The van der Waals surface area contributed by atoms with Crippen LogP contribution in [-0.2, 0) is 19.0 Å². The van der Waals surface area contributed by atoms with E-state index in [2.05, 4.69) is 5.32 Å². The van der Waals surface area contributed by atoms with Gasteiger partial charge in [0.2, 0.25) is 5.91 Å². The second kappa shape index (κ2) is 7.40. The van der Waals surface area contributed by atoms with E-state index in [9.17, 15) is 9.90 Å². The Morgan fingerprint density at radius 1 is 1.26 bits per heavy atom. The van der Waals surface area contributed by atoms with E-state index < -0.39 is 24.5 Å². The van der Waals surface area contributed by atoms with Crippen LogP contribution in [0.5, 0.6) is 0 Å². The number of amides is 1. The summed E-state index contributed by atoms with van der Waals surface area (Å²) in [5.41, 5.74) is 0.898. The van der Waals surface area contributed by atoms with Crippen molar-refractivity contribution >= 4 is 5.91 Å². The molecule has 2 aliphatic rings. The van der Waals surface area contributed by atoms with Crippen molar-refractivity contribution in [1.82, 2.24) is 5.32 Å². The maximum Gasteiger partial charge on any atom is 0.220 e. The van der Waals surface area contributed by atoms with Crippen molar-refractivity contribution in [2.24, 2.45) is 0 Å². The van der Waals surface area contributed by atoms with Crippen molar-refractivity contribution in [1.29, 1.82) is 0 Å². The maximum atomic E-state index is 11.8. The van der Waals surface area contributed by atoms with Crippen molar-refractivity contribution in [2.45, 2.75) is 50.4 Å². The fraction of sp³-hybridized carbons (Fsp3) is 0.588. The number of ether oxygens (including phenoxy) is 3. The van der Waals surface area contributed by atoms with Crippen molar-refractivity contribution in [2.75, 3.05) is 13.2 Å². The number of aliphatic hydroxyl groups excluding tert-OH is 1. The van der Waals surface area contributed by atoms with Gasteiger partial charge in [-0.2, -0.15) is 0 Å². The highest BCUT2D eigenvalue weighted by Crippen LogP contribution is 2.32. The summed E-state index contributed by atoms with van der Waals surface area (Å²) in [5, 5.41) is 13.4. The Balaban J connectivity index is 1.65. The second-order valence-electron chi connectivity index (χ2n) is 5.96. The van der Waals surface area contributed by atoms with Crippen LogP contribution in [0.15, 0.2) is 30.3 Å². The summed E-state index contributed by atoms with van der Waals surface area (Å²) < 4.78 is 17.3. The van der Waals surface area contributed by atoms with E-state index >= 15 is 0 Å². The molecule has 0 spiro atoms. The van der Waals surface area contributed by atoms with E-state index in [-0.39, 0.29) is 18.6 Å². The van der Waals surface area contributed by atoms with E-state index in [1.165, 1.54) is 0 Å². The lowest BCUT2D eigenvalue weighted by molar-refractivity contribution is -0.303. The molecule has 2 saturated heterocycles. The normalized spacial score (nSPS) is 33.7. The monoisotopic (exact) mass is 321 g/mol. The SMILES string of the molecule is CCCC(=O)N[C@H]1CO[C@@H]2CO[C@@H](c3ccccc3)O[C@H]2[C@@H]1O. The molecule has 0 radical (unpaired) electrons. The first kappa shape index (κ1) is 16.4. The maximum absolute atomic E-state index is 11.8. The standard InChI is InChI=1S/C17H23NO5/c1-2-6-14(19)18-12-9-21-13-10-22-17(23-16(13)15(12)20)11-7-4-3-5-8-11/h3-5,7-8,12-13,15-17,20H,2,6,9-10H2,1H3,(H,18,19)/t12-,13+,15+,16+,17+/m0/s1. The molecule has 2 fully saturated rings. The van der Waals surface area contributed by atoms with Gasteiger partial charge < -0.3 is 24.6 Å². The number of nitrogens with one attached hydrogen (secondary N) is 1. The zero-order valence-corrected chi connectivity index (χ0v) is 13.2.